The van der Waals surface area contributed by atoms with Crippen molar-refractivity contribution >= 4 is 40.2 Å². The van der Waals surface area contributed by atoms with E-state index in [4.69, 9.17) is 34.8 Å². The summed E-state index contributed by atoms with van der Waals surface area (Å²) in [5, 5.41) is -0.499. The Morgan fingerprint density at radius 1 is 1.17 bits per heavy atom. The van der Waals surface area contributed by atoms with E-state index in [2.05, 4.69) is 0 Å². The molecule has 0 radical (unpaired) electrons. The van der Waals surface area contributed by atoms with E-state index in [9.17, 15) is 4.79 Å². The highest BCUT2D eigenvalue weighted by atomic mass is 35.5. The average Bonchev–Trinajstić information content (AvgIpc) is 2.08. The monoisotopic (exact) mass is 233 g/mol. The number of alkyl halides is 2. The molecule has 0 heterocycles. The van der Waals surface area contributed by atoms with Crippen molar-refractivity contribution < 1.29 is 4.79 Å². The lowest BCUT2D eigenvalue weighted by Gasteiger charge is -2.15. The molecule has 0 N–H and O–H groups in total. The number of amides is 1. The van der Waals surface area contributed by atoms with Crippen molar-refractivity contribution in [3.8, 4) is 0 Å². The lowest BCUT2D eigenvalue weighted by Crippen LogP contribution is -2.30. The summed E-state index contributed by atoms with van der Waals surface area (Å²) in [6, 6.07) is 0. The number of nitrogens with zero attached hydrogens (tertiary/aromatic N) is 1. The summed E-state index contributed by atoms with van der Waals surface area (Å²) < 4.78 is 0. The Morgan fingerprint density at radius 2 is 1.50 bits per heavy atom. The van der Waals surface area contributed by atoms with E-state index in [1.807, 2.05) is 13.8 Å². The smallest absolute Gasteiger partial charge is 0.316 e. The minimum absolute atomic E-state index is 0.384. The minimum atomic E-state index is -0.499. The molecule has 0 bridgehead atoms. The first-order valence-corrected chi connectivity index (χ1v) is 5.23. The first-order valence-electron chi connectivity index (χ1n) is 3.78. The highest BCUT2D eigenvalue weighted by Crippen LogP contribution is 1.97. The number of halogens is 3. The quantitative estimate of drug-likeness (QED) is 0.416. The van der Waals surface area contributed by atoms with Crippen LogP contribution in [0.1, 0.15) is 13.8 Å². The molecule has 0 aliphatic rings. The zero-order chi connectivity index (χ0) is 9.98. The number of hydrogen-bond donors (Lipinski definition) is 0. The van der Waals surface area contributed by atoms with Crippen LogP contribution in [-0.4, -0.2) is 35.1 Å². The first-order chi connectivity index (χ1) is 5.72. The number of carbonyl (C=O) groups excluding carboxylic acids is 1. The normalized spacial score (nSPS) is 8.42. The van der Waals surface area contributed by atoms with Gasteiger partial charge in [0, 0.05) is 24.8 Å². The molecule has 0 aromatic carbocycles. The van der Waals surface area contributed by atoms with Crippen molar-refractivity contribution in [1.82, 2.24) is 4.90 Å². The van der Waals surface area contributed by atoms with E-state index in [1.165, 1.54) is 4.90 Å². The van der Waals surface area contributed by atoms with E-state index in [-0.39, 0.29) is 0 Å². The van der Waals surface area contributed by atoms with Crippen molar-refractivity contribution in [2.75, 3.05) is 24.8 Å². The fraction of sp³-hybridized carbons (Fsp3) is 0.857. The molecule has 74 valence electrons. The van der Waals surface area contributed by atoms with Gasteiger partial charge in [0.25, 0.3) is 0 Å². The summed E-state index contributed by atoms with van der Waals surface area (Å²) in [6.07, 6.45) is 0. The van der Waals surface area contributed by atoms with Crippen LogP contribution in [0.25, 0.3) is 0 Å². The third kappa shape index (κ3) is 8.44. The van der Waals surface area contributed by atoms with Gasteiger partial charge in [-0.05, 0) is 11.6 Å². The van der Waals surface area contributed by atoms with Crippen molar-refractivity contribution in [2.24, 2.45) is 0 Å². The molecule has 0 saturated carbocycles. The van der Waals surface area contributed by atoms with Gasteiger partial charge in [-0.1, -0.05) is 13.8 Å². The second-order valence-corrected chi connectivity index (χ2v) is 2.70. The Labute approximate surface area is 88.8 Å². The molecule has 1 amide bonds. The van der Waals surface area contributed by atoms with E-state index in [1.54, 1.807) is 0 Å². The van der Waals surface area contributed by atoms with Gasteiger partial charge in [-0.3, -0.25) is 4.79 Å². The van der Waals surface area contributed by atoms with Crippen LogP contribution < -0.4 is 0 Å². The maximum atomic E-state index is 10.5. The largest absolute Gasteiger partial charge is 0.327 e. The number of rotatable bonds is 4. The first kappa shape index (κ1) is 14.8. The van der Waals surface area contributed by atoms with Gasteiger partial charge < -0.3 is 4.90 Å². The second-order valence-electron chi connectivity index (χ2n) is 1.62. The maximum absolute atomic E-state index is 10.5. The van der Waals surface area contributed by atoms with Gasteiger partial charge >= 0.3 is 5.37 Å². The summed E-state index contributed by atoms with van der Waals surface area (Å²) in [4.78, 5) is 11.9. The van der Waals surface area contributed by atoms with Crippen molar-refractivity contribution in [3.63, 3.8) is 0 Å². The highest BCUT2D eigenvalue weighted by Gasteiger charge is 2.07. The standard InChI is InChI=1S/C5H8Cl3NO.C2H6/c6-1-3-9(4-2-7)5(8)10;1-2/h1-4H2;1-2H3. The third-order valence-electron chi connectivity index (χ3n) is 0.957. The predicted molar refractivity (Wildman–Crippen MR) is 55.6 cm³/mol. The molecule has 0 saturated heterocycles. The van der Waals surface area contributed by atoms with Gasteiger partial charge in [0.1, 0.15) is 0 Å². The van der Waals surface area contributed by atoms with Gasteiger partial charge in [0.2, 0.25) is 0 Å². The molecule has 0 atom stereocenters. The molecule has 0 aromatic rings. The van der Waals surface area contributed by atoms with Crippen LogP contribution in [0, 0.1) is 0 Å². The second kappa shape index (κ2) is 11.3. The maximum Gasteiger partial charge on any atom is 0.316 e. The van der Waals surface area contributed by atoms with Gasteiger partial charge in [-0.25, -0.2) is 0 Å². The van der Waals surface area contributed by atoms with Crippen LogP contribution >= 0.6 is 34.8 Å². The summed E-state index contributed by atoms with van der Waals surface area (Å²) in [5.41, 5.74) is 0. The number of carbonyl (C=O) groups is 1. The number of hydrogen-bond acceptors (Lipinski definition) is 1. The Balaban J connectivity index is 0. The molecule has 0 spiro atoms. The molecule has 0 unspecified atom stereocenters. The van der Waals surface area contributed by atoms with E-state index < -0.39 is 5.37 Å². The van der Waals surface area contributed by atoms with E-state index in [0.717, 1.165) is 0 Å². The Hall–Kier alpha value is 0.340. The Kier molecular flexibility index (Phi) is 14.0. The van der Waals surface area contributed by atoms with Gasteiger partial charge in [-0.2, -0.15) is 0 Å². The lowest BCUT2D eigenvalue weighted by molar-refractivity contribution is 0.227. The van der Waals surface area contributed by atoms with Crippen molar-refractivity contribution in [2.45, 2.75) is 13.8 Å². The van der Waals surface area contributed by atoms with Crippen LogP contribution in [0.15, 0.2) is 0 Å². The molecule has 5 heteroatoms. The molecular formula is C7H14Cl3NO. The van der Waals surface area contributed by atoms with Crippen LogP contribution in [0.5, 0.6) is 0 Å². The summed E-state index contributed by atoms with van der Waals surface area (Å²) in [7, 11) is 0. The molecule has 0 aromatic heterocycles. The van der Waals surface area contributed by atoms with Crippen LogP contribution in [0.2, 0.25) is 0 Å². The zero-order valence-electron chi connectivity index (χ0n) is 7.32. The zero-order valence-corrected chi connectivity index (χ0v) is 9.59. The Morgan fingerprint density at radius 3 is 1.67 bits per heavy atom. The fourth-order valence-electron chi connectivity index (χ4n) is 0.492. The summed E-state index contributed by atoms with van der Waals surface area (Å²) in [5.74, 6) is 0.769. The Bertz CT molecular complexity index is 105. The minimum Gasteiger partial charge on any atom is -0.327 e. The predicted octanol–water partition coefficient (Wildman–Crippen LogP) is 3.15. The van der Waals surface area contributed by atoms with Crippen LogP contribution in [-0.2, 0) is 0 Å². The topological polar surface area (TPSA) is 20.3 Å². The lowest BCUT2D eigenvalue weighted by atomic mass is 10.6. The fourth-order valence-corrected chi connectivity index (χ4v) is 1.07. The van der Waals surface area contributed by atoms with Crippen LogP contribution in [0.3, 0.4) is 0 Å². The van der Waals surface area contributed by atoms with Crippen LogP contribution in [0.4, 0.5) is 4.79 Å². The average molecular weight is 235 g/mol. The van der Waals surface area contributed by atoms with E-state index >= 15 is 0 Å². The SMILES string of the molecule is CC.O=C(Cl)N(CCCl)CCCl. The van der Waals surface area contributed by atoms with Crippen molar-refractivity contribution in [1.29, 1.82) is 0 Å². The highest BCUT2D eigenvalue weighted by molar-refractivity contribution is 6.62. The molecule has 0 aliphatic carbocycles. The van der Waals surface area contributed by atoms with Gasteiger partial charge in [-0.15, -0.1) is 23.2 Å². The summed E-state index contributed by atoms with van der Waals surface area (Å²) in [6.45, 7) is 4.91. The molecule has 2 nitrogen and oxygen atoms in total. The van der Waals surface area contributed by atoms with Gasteiger partial charge in [0.05, 0.1) is 0 Å². The summed E-state index contributed by atoms with van der Waals surface area (Å²) >= 11 is 15.9. The van der Waals surface area contributed by atoms with E-state index in [0.29, 0.717) is 24.8 Å². The third-order valence-corrected chi connectivity index (χ3v) is 1.53. The molecule has 0 aliphatic heterocycles. The molecule has 12 heavy (non-hydrogen) atoms. The molecule has 0 rings (SSSR count). The molecular weight excluding hydrogens is 220 g/mol. The van der Waals surface area contributed by atoms with Crippen molar-refractivity contribution in [3.05, 3.63) is 0 Å². The molecule has 0 fully saturated rings. The van der Waals surface area contributed by atoms with Gasteiger partial charge in [0.15, 0.2) is 0 Å².